The van der Waals surface area contributed by atoms with Gasteiger partial charge in [-0.05, 0) is 93.1 Å². The smallest absolute Gasteiger partial charge is 0.343 e. The lowest BCUT2D eigenvalue weighted by Gasteiger charge is -2.14. The zero-order valence-corrected chi connectivity index (χ0v) is 23.2. The van der Waals surface area contributed by atoms with E-state index >= 15 is 0 Å². The van der Waals surface area contributed by atoms with Gasteiger partial charge in [-0.3, -0.25) is 19.3 Å². The van der Waals surface area contributed by atoms with Gasteiger partial charge in [0.25, 0.3) is 11.1 Å². The van der Waals surface area contributed by atoms with Gasteiger partial charge >= 0.3 is 5.97 Å². The number of halogens is 2. The van der Waals surface area contributed by atoms with Crippen molar-refractivity contribution in [2.45, 2.75) is 6.92 Å². The van der Waals surface area contributed by atoms with E-state index in [1.165, 1.54) is 7.11 Å². The average molecular weight is 675 g/mol. The predicted octanol–water partition coefficient (Wildman–Crippen LogP) is 4.68. The van der Waals surface area contributed by atoms with Crippen LogP contribution in [-0.4, -0.2) is 54.8 Å². The number of amides is 3. The van der Waals surface area contributed by atoms with E-state index in [9.17, 15) is 19.2 Å². The summed E-state index contributed by atoms with van der Waals surface area (Å²) >= 11 is 6.11. The molecular formula is C23H20BrIN2O7S. The van der Waals surface area contributed by atoms with E-state index in [0.717, 1.165) is 16.7 Å². The Morgan fingerprint density at radius 3 is 2.63 bits per heavy atom. The molecule has 3 rings (SSSR count). The molecule has 2 aromatic carbocycles. The first kappa shape index (κ1) is 27.0. The molecule has 184 valence electrons. The van der Waals surface area contributed by atoms with Crippen molar-refractivity contribution in [1.82, 2.24) is 4.90 Å². The van der Waals surface area contributed by atoms with Crippen LogP contribution in [0.4, 0.5) is 10.5 Å². The molecule has 1 fully saturated rings. The summed E-state index contributed by atoms with van der Waals surface area (Å²) < 4.78 is 17.1. The van der Waals surface area contributed by atoms with Crippen LogP contribution in [0.2, 0.25) is 0 Å². The van der Waals surface area contributed by atoms with Gasteiger partial charge in [-0.2, -0.15) is 0 Å². The SMILES string of the molecule is CCOc1cc(/C=C2/SC(=O)N(CC(=O)Nc3ccccc3Br)C2=O)cc(I)c1OCC(=O)OC. The predicted molar refractivity (Wildman–Crippen MR) is 143 cm³/mol. The highest BCUT2D eigenvalue weighted by molar-refractivity contribution is 14.1. The molecule has 1 aliphatic rings. The van der Waals surface area contributed by atoms with Crippen molar-refractivity contribution < 1.29 is 33.4 Å². The summed E-state index contributed by atoms with van der Waals surface area (Å²) in [4.78, 5) is 50.3. The van der Waals surface area contributed by atoms with Gasteiger partial charge in [0.05, 0.1) is 27.9 Å². The van der Waals surface area contributed by atoms with Crippen molar-refractivity contribution in [2.24, 2.45) is 0 Å². The van der Waals surface area contributed by atoms with Crippen LogP contribution in [-0.2, 0) is 19.1 Å². The van der Waals surface area contributed by atoms with Crippen LogP contribution in [0.15, 0.2) is 45.8 Å². The number of nitrogens with one attached hydrogen (secondary N) is 1. The standard InChI is InChI=1S/C23H20BrIN2O7S/c1-3-33-17-9-13(8-15(25)21(17)34-12-20(29)32-2)10-18-22(30)27(23(31)35-18)11-19(28)26-16-7-5-4-6-14(16)24/h4-10H,3,11-12H2,1-2H3,(H,26,28)/b18-10+. The Morgan fingerprint density at radius 2 is 1.94 bits per heavy atom. The molecule has 0 bridgehead atoms. The number of nitrogens with zero attached hydrogens (tertiary/aromatic N) is 1. The summed E-state index contributed by atoms with van der Waals surface area (Å²) in [5.74, 6) is -0.861. The Hall–Kier alpha value is -2.58. The van der Waals surface area contributed by atoms with E-state index in [1.54, 1.807) is 49.4 Å². The van der Waals surface area contributed by atoms with Crippen LogP contribution in [0.5, 0.6) is 11.5 Å². The molecular weight excluding hydrogens is 655 g/mol. The first-order valence-electron chi connectivity index (χ1n) is 10.2. The minimum Gasteiger partial charge on any atom is -0.490 e. The van der Waals surface area contributed by atoms with Gasteiger partial charge in [0.15, 0.2) is 18.1 Å². The molecule has 0 unspecified atom stereocenters. The molecule has 1 heterocycles. The molecule has 35 heavy (non-hydrogen) atoms. The molecule has 1 N–H and O–H groups in total. The minimum absolute atomic E-state index is 0.171. The van der Waals surface area contributed by atoms with Crippen molar-refractivity contribution >= 4 is 85.1 Å². The highest BCUT2D eigenvalue weighted by Gasteiger charge is 2.36. The number of ether oxygens (including phenoxy) is 3. The summed E-state index contributed by atoms with van der Waals surface area (Å²) in [6.07, 6.45) is 1.55. The van der Waals surface area contributed by atoms with E-state index < -0.39 is 29.6 Å². The van der Waals surface area contributed by atoms with E-state index in [-0.39, 0.29) is 11.5 Å². The van der Waals surface area contributed by atoms with Gasteiger partial charge in [0, 0.05) is 4.47 Å². The van der Waals surface area contributed by atoms with Crippen molar-refractivity contribution in [3.05, 3.63) is 54.9 Å². The van der Waals surface area contributed by atoms with E-state index in [1.807, 2.05) is 22.6 Å². The first-order chi connectivity index (χ1) is 16.7. The minimum atomic E-state index is -0.568. The number of hydrogen-bond donors (Lipinski definition) is 1. The van der Waals surface area contributed by atoms with E-state index in [2.05, 4.69) is 26.0 Å². The highest BCUT2D eigenvalue weighted by Crippen LogP contribution is 2.37. The maximum atomic E-state index is 12.9. The number of hydrogen-bond acceptors (Lipinski definition) is 8. The number of anilines is 1. The summed E-state index contributed by atoms with van der Waals surface area (Å²) in [6.45, 7) is 1.45. The molecule has 0 saturated carbocycles. The van der Waals surface area contributed by atoms with Gasteiger partial charge < -0.3 is 19.5 Å². The number of rotatable bonds is 9. The zero-order chi connectivity index (χ0) is 25.5. The van der Waals surface area contributed by atoms with Gasteiger partial charge in [-0.15, -0.1) is 0 Å². The fourth-order valence-corrected chi connectivity index (χ4v) is 4.95. The molecule has 2 aromatic rings. The third-order valence-corrected chi connectivity index (χ3v) is 6.91. The second kappa shape index (κ2) is 12.4. The molecule has 0 atom stereocenters. The summed E-state index contributed by atoms with van der Waals surface area (Å²) in [6, 6.07) is 10.4. The summed E-state index contributed by atoms with van der Waals surface area (Å²) in [5.41, 5.74) is 1.12. The lowest BCUT2D eigenvalue weighted by atomic mass is 10.2. The van der Waals surface area contributed by atoms with Crippen LogP contribution in [0, 0.1) is 3.57 Å². The fraction of sp³-hybridized carbons (Fsp3) is 0.217. The van der Waals surface area contributed by atoms with Crippen LogP contribution in [0.1, 0.15) is 12.5 Å². The molecule has 12 heteroatoms. The number of carbonyl (C=O) groups excluding carboxylic acids is 4. The van der Waals surface area contributed by atoms with Gasteiger partial charge in [0.1, 0.15) is 6.54 Å². The number of para-hydroxylation sites is 1. The Labute approximate surface area is 227 Å². The Kier molecular flexibility index (Phi) is 9.57. The van der Waals surface area contributed by atoms with Crippen LogP contribution in [0.25, 0.3) is 6.08 Å². The third kappa shape index (κ3) is 6.98. The Balaban J connectivity index is 1.77. The van der Waals surface area contributed by atoms with Crippen molar-refractivity contribution in [2.75, 3.05) is 32.2 Å². The molecule has 3 amide bonds. The van der Waals surface area contributed by atoms with Crippen molar-refractivity contribution in [1.29, 1.82) is 0 Å². The van der Waals surface area contributed by atoms with Crippen molar-refractivity contribution in [3.8, 4) is 11.5 Å². The van der Waals surface area contributed by atoms with Gasteiger partial charge in [-0.25, -0.2) is 4.79 Å². The first-order valence-corrected chi connectivity index (χ1v) is 12.9. The number of benzene rings is 2. The summed E-state index contributed by atoms with van der Waals surface area (Å²) in [5, 5.41) is 2.14. The normalized spacial score (nSPS) is 14.3. The highest BCUT2D eigenvalue weighted by atomic mass is 127. The van der Waals surface area contributed by atoms with Crippen LogP contribution < -0.4 is 14.8 Å². The topological polar surface area (TPSA) is 111 Å². The molecule has 1 saturated heterocycles. The molecule has 0 aliphatic carbocycles. The van der Waals surface area contributed by atoms with Gasteiger partial charge in [0.2, 0.25) is 5.91 Å². The van der Waals surface area contributed by atoms with Crippen molar-refractivity contribution in [3.63, 3.8) is 0 Å². The number of imide groups is 1. The molecule has 1 aliphatic heterocycles. The maximum Gasteiger partial charge on any atom is 0.343 e. The summed E-state index contributed by atoms with van der Waals surface area (Å²) in [7, 11) is 1.26. The maximum absolute atomic E-state index is 12.9. The Morgan fingerprint density at radius 1 is 1.20 bits per heavy atom. The number of carbonyl (C=O) groups is 4. The van der Waals surface area contributed by atoms with E-state index in [0.29, 0.717) is 37.4 Å². The average Bonchev–Trinajstić information content (AvgIpc) is 3.07. The zero-order valence-electron chi connectivity index (χ0n) is 18.6. The van der Waals surface area contributed by atoms with Crippen LogP contribution in [0.3, 0.4) is 0 Å². The van der Waals surface area contributed by atoms with Gasteiger partial charge in [-0.1, -0.05) is 12.1 Å². The second-order valence-electron chi connectivity index (χ2n) is 6.92. The molecule has 0 aromatic heterocycles. The Bertz CT molecular complexity index is 1200. The number of thioether (sulfide) groups is 1. The monoisotopic (exact) mass is 674 g/mol. The lowest BCUT2D eigenvalue weighted by Crippen LogP contribution is -2.36. The quantitative estimate of drug-likeness (QED) is 0.232. The number of methoxy groups -OCH3 is 1. The second-order valence-corrected chi connectivity index (χ2v) is 9.93. The lowest BCUT2D eigenvalue weighted by molar-refractivity contribution is -0.143. The molecule has 9 nitrogen and oxygen atoms in total. The van der Waals surface area contributed by atoms with Crippen LogP contribution >= 0.6 is 50.3 Å². The molecule has 0 radical (unpaired) electrons. The largest absolute Gasteiger partial charge is 0.490 e. The number of esters is 1. The van der Waals surface area contributed by atoms with E-state index in [4.69, 9.17) is 9.47 Å². The fourth-order valence-electron chi connectivity index (χ4n) is 2.95. The third-order valence-electron chi connectivity index (χ3n) is 4.51. The molecule has 0 spiro atoms.